The van der Waals surface area contributed by atoms with Crippen LogP contribution in [0.4, 0.5) is 0 Å². The lowest BCUT2D eigenvalue weighted by Gasteiger charge is -2.48. The van der Waals surface area contributed by atoms with Crippen molar-refractivity contribution in [3.8, 4) is 0 Å². The Kier molecular flexibility index (Phi) is 7.72. The van der Waals surface area contributed by atoms with Crippen LogP contribution in [0.25, 0.3) is 0 Å². The van der Waals surface area contributed by atoms with Gasteiger partial charge in [-0.05, 0) is 24.3 Å². The largest absolute Gasteiger partial charge is 0.481 e. The number of rotatable bonds is 10. The first-order valence-electron chi connectivity index (χ1n) is 11.7. The van der Waals surface area contributed by atoms with Gasteiger partial charge in [0.05, 0.1) is 36.9 Å². The number of carbonyl (C=O) groups is 4. The van der Waals surface area contributed by atoms with Gasteiger partial charge in [0.15, 0.2) is 0 Å². The van der Waals surface area contributed by atoms with Gasteiger partial charge in [0, 0.05) is 48.5 Å². The van der Waals surface area contributed by atoms with Gasteiger partial charge in [-0.25, -0.2) is 0 Å². The van der Waals surface area contributed by atoms with Crippen LogP contribution in [0.15, 0.2) is 60.9 Å². The number of aromatic nitrogens is 2. The molecule has 10 heteroatoms. The molecule has 5 rings (SSSR count). The molecule has 2 aromatic rings. The molecule has 6 atom stereocenters. The monoisotopic (exact) mass is 494 g/mol. The molecule has 3 aliphatic carbocycles. The van der Waals surface area contributed by atoms with E-state index in [-0.39, 0.29) is 13.2 Å². The minimum Gasteiger partial charge on any atom is -0.481 e. The minimum atomic E-state index is -1.31. The molecule has 0 spiro atoms. The van der Waals surface area contributed by atoms with Crippen molar-refractivity contribution in [2.24, 2.45) is 35.5 Å². The van der Waals surface area contributed by atoms with Crippen LogP contribution in [0, 0.1) is 35.5 Å². The molecular formula is C26H26N2O8. The number of hydrogen-bond donors (Lipinski definition) is 2. The zero-order chi connectivity index (χ0) is 25.7. The van der Waals surface area contributed by atoms with E-state index in [1.54, 1.807) is 48.8 Å². The number of allylic oxidation sites excluding steroid dienone is 2. The molecule has 0 saturated heterocycles. The SMILES string of the molecule is O=C(O)[C@@H]1[C@H]2C=C[C@H]([C@H]1C(=O)OCCc1ccccn1)[C@H](C(=O)O)[C@H]2C(=O)OCCc1ccccn1. The molecule has 188 valence electrons. The van der Waals surface area contributed by atoms with Gasteiger partial charge in [0.1, 0.15) is 0 Å². The molecule has 2 aromatic heterocycles. The molecule has 2 N–H and O–H groups in total. The van der Waals surface area contributed by atoms with Crippen molar-refractivity contribution in [2.45, 2.75) is 12.8 Å². The van der Waals surface area contributed by atoms with Crippen molar-refractivity contribution in [3.05, 3.63) is 72.3 Å². The van der Waals surface area contributed by atoms with Crippen molar-refractivity contribution < 1.29 is 38.9 Å². The topological polar surface area (TPSA) is 153 Å². The summed E-state index contributed by atoms with van der Waals surface area (Å²) in [4.78, 5) is 58.8. The Morgan fingerprint density at radius 2 is 1.08 bits per heavy atom. The molecule has 0 aliphatic heterocycles. The van der Waals surface area contributed by atoms with Crippen LogP contribution < -0.4 is 0 Å². The smallest absolute Gasteiger partial charge is 0.310 e. The predicted octanol–water partition coefficient (Wildman–Crippen LogP) is 1.80. The third kappa shape index (κ3) is 5.27. The van der Waals surface area contributed by atoms with Gasteiger partial charge in [0.2, 0.25) is 0 Å². The van der Waals surface area contributed by atoms with E-state index in [9.17, 15) is 29.4 Å². The average molecular weight is 495 g/mol. The lowest BCUT2D eigenvalue weighted by Crippen LogP contribution is -2.58. The predicted molar refractivity (Wildman–Crippen MR) is 123 cm³/mol. The van der Waals surface area contributed by atoms with Crippen LogP contribution in [0.3, 0.4) is 0 Å². The number of pyridine rings is 2. The Hall–Kier alpha value is -4.08. The van der Waals surface area contributed by atoms with E-state index in [0.29, 0.717) is 24.2 Å². The minimum absolute atomic E-state index is 0.0312. The maximum absolute atomic E-state index is 13.0. The van der Waals surface area contributed by atoms with Gasteiger partial charge >= 0.3 is 23.9 Å². The molecule has 10 nitrogen and oxygen atoms in total. The standard InChI is InChI=1S/C26H26N2O8/c29-23(30)19-18-8-7-17(21(19)25(33)35-13-9-15-5-1-3-11-27-15)20(24(31)32)22(18)26(34)36-14-10-16-6-2-4-12-28-16/h1-8,11-12,17-22H,9-10,13-14H2,(H,29,30)(H,31,32)/t17-,18+,19+,20-,21+,22-. The Balaban J connectivity index is 1.48. The molecule has 1 saturated carbocycles. The van der Waals surface area contributed by atoms with E-state index in [4.69, 9.17) is 9.47 Å². The van der Waals surface area contributed by atoms with Crippen molar-refractivity contribution in [2.75, 3.05) is 13.2 Å². The number of nitrogens with zero attached hydrogens (tertiary/aromatic N) is 2. The zero-order valence-electron chi connectivity index (χ0n) is 19.3. The van der Waals surface area contributed by atoms with Crippen LogP contribution in [-0.4, -0.2) is 57.3 Å². The molecule has 0 unspecified atom stereocenters. The fourth-order valence-corrected chi connectivity index (χ4v) is 5.18. The fourth-order valence-electron chi connectivity index (χ4n) is 5.18. The second kappa shape index (κ2) is 11.1. The Labute approximate surface area is 207 Å². The lowest BCUT2D eigenvalue weighted by atomic mass is 9.53. The van der Waals surface area contributed by atoms with Crippen LogP contribution >= 0.6 is 0 Å². The van der Waals surface area contributed by atoms with E-state index >= 15 is 0 Å². The highest BCUT2D eigenvalue weighted by molar-refractivity contribution is 5.89. The van der Waals surface area contributed by atoms with Crippen molar-refractivity contribution in [1.29, 1.82) is 0 Å². The number of ether oxygens (including phenoxy) is 2. The normalized spacial score (nSPS) is 26.2. The summed E-state index contributed by atoms with van der Waals surface area (Å²) < 4.78 is 10.7. The molecule has 2 heterocycles. The second-order valence-electron chi connectivity index (χ2n) is 8.80. The maximum Gasteiger partial charge on any atom is 0.310 e. The number of aliphatic carboxylic acids is 2. The highest BCUT2D eigenvalue weighted by Gasteiger charge is 2.61. The van der Waals surface area contributed by atoms with Crippen LogP contribution in [0.2, 0.25) is 0 Å². The molecular weight excluding hydrogens is 468 g/mol. The summed E-state index contributed by atoms with van der Waals surface area (Å²) in [5, 5.41) is 19.9. The Morgan fingerprint density at radius 3 is 1.42 bits per heavy atom. The fraction of sp³-hybridized carbons (Fsp3) is 0.385. The van der Waals surface area contributed by atoms with Crippen molar-refractivity contribution >= 4 is 23.9 Å². The molecule has 1 fully saturated rings. The Bertz CT molecular complexity index is 1050. The number of hydrogen-bond acceptors (Lipinski definition) is 8. The molecule has 3 aliphatic rings. The van der Waals surface area contributed by atoms with Gasteiger partial charge < -0.3 is 19.7 Å². The van der Waals surface area contributed by atoms with Gasteiger partial charge in [-0.1, -0.05) is 24.3 Å². The average Bonchev–Trinajstić information content (AvgIpc) is 2.88. The quantitative estimate of drug-likeness (QED) is 0.369. The van der Waals surface area contributed by atoms with Gasteiger partial charge in [-0.2, -0.15) is 0 Å². The van der Waals surface area contributed by atoms with E-state index in [1.165, 1.54) is 12.2 Å². The van der Waals surface area contributed by atoms with Crippen LogP contribution in [-0.2, 0) is 41.5 Å². The second-order valence-corrected chi connectivity index (χ2v) is 8.80. The highest BCUT2D eigenvalue weighted by atomic mass is 16.5. The summed E-state index contributed by atoms with van der Waals surface area (Å²) in [5.41, 5.74) is 1.39. The van der Waals surface area contributed by atoms with E-state index in [1.807, 2.05) is 0 Å². The summed E-state index contributed by atoms with van der Waals surface area (Å²) in [7, 11) is 0. The highest BCUT2D eigenvalue weighted by Crippen LogP contribution is 2.52. The number of fused-ring (bicyclic) bond motifs is 2. The summed E-state index contributed by atoms with van der Waals surface area (Å²) in [5.74, 6) is -11.3. The van der Waals surface area contributed by atoms with Crippen LogP contribution in [0.5, 0.6) is 0 Å². The molecule has 0 amide bonds. The number of carboxylic acid groups (broad SMARTS) is 2. The maximum atomic E-state index is 13.0. The first kappa shape index (κ1) is 25.0. The number of esters is 2. The van der Waals surface area contributed by atoms with Gasteiger partial charge in [-0.3, -0.25) is 29.1 Å². The van der Waals surface area contributed by atoms with Crippen molar-refractivity contribution in [3.63, 3.8) is 0 Å². The molecule has 2 bridgehead atoms. The summed E-state index contributed by atoms with van der Waals surface area (Å²) in [6.07, 6.45) is 6.91. The number of carboxylic acids is 2. The lowest BCUT2D eigenvalue weighted by molar-refractivity contribution is -0.182. The summed E-state index contributed by atoms with van der Waals surface area (Å²) in [6, 6.07) is 10.6. The van der Waals surface area contributed by atoms with E-state index < -0.39 is 59.4 Å². The van der Waals surface area contributed by atoms with Gasteiger partial charge in [0.25, 0.3) is 0 Å². The zero-order valence-corrected chi connectivity index (χ0v) is 19.3. The van der Waals surface area contributed by atoms with E-state index in [0.717, 1.165) is 0 Å². The van der Waals surface area contributed by atoms with Crippen LogP contribution in [0.1, 0.15) is 11.4 Å². The summed E-state index contributed by atoms with van der Waals surface area (Å²) >= 11 is 0. The third-order valence-electron chi connectivity index (χ3n) is 6.76. The molecule has 0 aromatic carbocycles. The first-order valence-corrected chi connectivity index (χ1v) is 11.7. The van der Waals surface area contributed by atoms with Gasteiger partial charge in [-0.15, -0.1) is 0 Å². The van der Waals surface area contributed by atoms with Crippen molar-refractivity contribution in [1.82, 2.24) is 9.97 Å². The third-order valence-corrected chi connectivity index (χ3v) is 6.76. The van der Waals surface area contributed by atoms with E-state index in [2.05, 4.69) is 9.97 Å². The molecule has 0 radical (unpaired) electrons. The number of carbonyl (C=O) groups excluding carboxylic acids is 2. The first-order chi connectivity index (χ1) is 17.4. The summed E-state index contributed by atoms with van der Waals surface area (Å²) in [6.45, 7) is -0.0625. The molecule has 36 heavy (non-hydrogen) atoms. The Morgan fingerprint density at radius 1 is 0.667 bits per heavy atom.